The molecule has 7 nitrogen and oxygen atoms in total. The SMILES string of the molecule is Cc1sc2ncnc(N3CCC(C(=O)OCC(=O)NC4CCCc5ccccc54)CC3)c2c1C. The van der Waals surface area contributed by atoms with Crippen LogP contribution in [0.3, 0.4) is 0 Å². The first-order valence-electron chi connectivity index (χ1n) is 12.0. The maximum atomic E-state index is 12.7. The molecule has 1 saturated heterocycles. The highest BCUT2D eigenvalue weighted by Crippen LogP contribution is 2.35. The van der Waals surface area contributed by atoms with Crippen molar-refractivity contribution in [1.82, 2.24) is 15.3 Å². The number of ether oxygens (including phenoxy) is 1. The number of carbonyl (C=O) groups is 2. The van der Waals surface area contributed by atoms with Gasteiger partial charge in [-0.1, -0.05) is 24.3 Å². The molecule has 1 fully saturated rings. The van der Waals surface area contributed by atoms with Gasteiger partial charge in [0.2, 0.25) is 0 Å². The molecule has 0 spiro atoms. The molecular weight excluding hydrogens is 448 g/mol. The van der Waals surface area contributed by atoms with Crippen LogP contribution in [0.2, 0.25) is 0 Å². The average Bonchev–Trinajstić information content (AvgIpc) is 3.16. The molecule has 34 heavy (non-hydrogen) atoms. The summed E-state index contributed by atoms with van der Waals surface area (Å²) in [5.41, 5.74) is 3.69. The van der Waals surface area contributed by atoms with Crippen molar-refractivity contribution in [1.29, 1.82) is 0 Å². The average molecular weight is 479 g/mol. The first-order valence-corrected chi connectivity index (χ1v) is 12.8. The molecule has 1 amide bonds. The Morgan fingerprint density at radius 3 is 2.76 bits per heavy atom. The van der Waals surface area contributed by atoms with Gasteiger partial charge in [0.15, 0.2) is 6.61 Å². The van der Waals surface area contributed by atoms with E-state index in [0.29, 0.717) is 12.8 Å². The number of nitrogens with zero attached hydrogens (tertiary/aromatic N) is 3. The van der Waals surface area contributed by atoms with Crippen molar-refractivity contribution in [2.45, 2.75) is 52.0 Å². The number of amides is 1. The van der Waals surface area contributed by atoms with E-state index in [4.69, 9.17) is 4.74 Å². The van der Waals surface area contributed by atoms with Gasteiger partial charge in [-0.05, 0) is 62.6 Å². The van der Waals surface area contributed by atoms with Crippen molar-refractivity contribution in [3.05, 3.63) is 52.2 Å². The van der Waals surface area contributed by atoms with E-state index in [2.05, 4.69) is 46.2 Å². The number of rotatable bonds is 5. The zero-order chi connectivity index (χ0) is 23.7. The number of aryl methyl sites for hydroxylation is 3. The first-order chi connectivity index (χ1) is 16.5. The zero-order valence-electron chi connectivity index (χ0n) is 19.7. The van der Waals surface area contributed by atoms with Crippen LogP contribution in [-0.4, -0.2) is 41.5 Å². The fourth-order valence-electron chi connectivity index (χ4n) is 5.12. The van der Waals surface area contributed by atoms with Crippen LogP contribution < -0.4 is 10.2 Å². The zero-order valence-corrected chi connectivity index (χ0v) is 20.5. The summed E-state index contributed by atoms with van der Waals surface area (Å²) in [7, 11) is 0. The highest BCUT2D eigenvalue weighted by Gasteiger charge is 2.29. The number of nitrogens with one attached hydrogen (secondary N) is 1. The van der Waals surface area contributed by atoms with E-state index in [1.54, 1.807) is 17.7 Å². The van der Waals surface area contributed by atoms with Crippen LogP contribution in [0.4, 0.5) is 5.82 Å². The number of piperidine rings is 1. The van der Waals surface area contributed by atoms with Crippen LogP contribution in [0, 0.1) is 19.8 Å². The Balaban J connectivity index is 1.13. The summed E-state index contributed by atoms with van der Waals surface area (Å²) in [5.74, 6) is 0.237. The number of aromatic nitrogens is 2. The summed E-state index contributed by atoms with van der Waals surface area (Å²) >= 11 is 1.69. The smallest absolute Gasteiger partial charge is 0.309 e. The van der Waals surface area contributed by atoms with E-state index in [9.17, 15) is 9.59 Å². The second-order valence-electron chi connectivity index (χ2n) is 9.24. The van der Waals surface area contributed by atoms with Crippen molar-refractivity contribution in [2.75, 3.05) is 24.6 Å². The Kier molecular flexibility index (Phi) is 6.50. The fourth-order valence-corrected chi connectivity index (χ4v) is 6.12. The van der Waals surface area contributed by atoms with Gasteiger partial charge < -0.3 is 15.0 Å². The lowest BCUT2D eigenvalue weighted by Gasteiger charge is -2.32. The van der Waals surface area contributed by atoms with E-state index < -0.39 is 0 Å². The monoisotopic (exact) mass is 478 g/mol. The van der Waals surface area contributed by atoms with E-state index in [0.717, 1.165) is 48.4 Å². The minimum absolute atomic E-state index is 0.00622. The van der Waals surface area contributed by atoms with Gasteiger partial charge in [0.1, 0.15) is 17.0 Å². The van der Waals surface area contributed by atoms with Gasteiger partial charge in [-0.2, -0.15) is 0 Å². The molecule has 1 N–H and O–H groups in total. The molecule has 0 saturated carbocycles. The Labute approximate surface area is 203 Å². The van der Waals surface area contributed by atoms with Gasteiger partial charge in [-0.3, -0.25) is 9.59 Å². The van der Waals surface area contributed by atoms with Crippen LogP contribution in [0.1, 0.15) is 53.3 Å². The van der Waals surface area contributed by atoms with Crippen molar-refractivity contribution >= 4 is 39.2 Å². The number of thiophene rings is 1. The Hall–Kier alpha value is -3.00. The van der Waals surface area contributed by atoms with Crippen molar-refractivity contribution in [3.8, 4) is 0 Å². The Morgan fingerprint density at radius 1 is 1.15 bits per heavy atom. The van der Waals surface area contributed by atoms with E-state index in [1.165, 1.54) is 21.6 Å². The van der Waals surface area contributed by atoms with Crippen LogP contribution >= 0.6 is 11.3 Å². The number of hydrogen-bond donors (Lipinski definition) is 1. The molecule has 8 heteroatoms. The number of hydrogen-bond acceptors (Lipinski definition) is 7. The summed E-state index contributed by atoms with van der Waals surface area (Å²) in [4.78, 5) is 38.6. The summed E-state index contributed by atoms with van der Waals surface area (Å²) in [6, 6.07) is 8.22. The number of benzene rings is 1. The molecule has 1 aliphatic heterocycles. The summed E-state index contributed by atoms with van der Waals surface area (Å²) in [6.45, 7) is 5.45. The topological polar surface area (TPSA) is 84.4 Å². The quantitative estimate of drug-likeness (QED) is 0.552. The van der Waals surface area contributed by atoms with E-state index >= 15 is 0 Å². The predicted molar refractivity (Wildman–Crippen MR) is 133 cm³/mol. The van der Waals surface area contributed by atoms with Gasteiger partial charge in [0.25, 0.3) is 5.91 Å². The minimum atomic E-state index is -0.283. The molecule has 5 rings (SSSR count). The van der Waals surface area contributed by atoms with Gasteiger partial charge in [-0.25, -0.2) is 9.97 Å². The first kappa shape index (κ1) is 22.8. The Morgan fingerprint density at radius 2 is 1.94 bits per heavy atom. The largest absolute Gasteiger partial charge is 0.455 e. The van der Waals surface area contributed by atoms with Gasteiger partial charge in [0, 0.05) is 18.0 Å². The lowest BCUT2D eigenvalue weighted by Crippen LogP contribution is -2.39. The second-order valence-corrected chi connectivity index (χ2v) is 10.4. The summed E-state index contributed by atoms with van der Waals surface area (Å²) < 4.78 is 5.41. The third-order valence-electron chi connectivity index (χ3n) is 7.12. The third kappa shape index (κ3) is 4.51. The predicted octanol–water partition coefficient (Wildman–Crippen LogP) is 4.26. The van der Waals surface area contributed by atoms with Crippen LogP contribution in [0.25, 0.3) is 10.2 Å². The van der Waals surface area contributed by atoms with Crippen LogP contribution in [-0.2, 0) is 20.7 Å². The second kappa shape index (κ2) is 9.70. The van der Waals surface area contributed by atoms with Crippen LogP contribution in [0.15, 0.2) is 30.6 Å². The number of anilines is 1. The number of fused-ring (bicyclic) bond motifs is 2. The normalized spacial score (nSPS) is 18.5. The highest BCUT2D eigenvalue weighted by atomic mass is 32.1. The van der Waals surface area contributed by atoms with Crippen molar-refractivity contribution in [3.63, 3.8) is 0 Å². The lowest BCUT2D eigenvalue weighted by atomic mass is 9.88. The lowest BCUT2D eigenvalue weighted by molar-refractivity contribution is -0.153. The highest BCUT2D eigenvalue weighted by molar-refractivity contribution is 7.18. The standard InChI is InChI=1S/C26H30N4O3S/c1-16-17(2)34-25-23(16)24(27-15-28-25)30-12-10-19(11-13-30)26(32)33-14-22(31)29-21-9-5-7-18-6-3-4-8-20(18)21/h3-4,6,8,15,19,21H,5,7,9-14H2,1-2H3,(H,29,31). The fraction of sp³-hybridized carbons (Fsp3) is 0.462. The number of carbonyl (C=O) groups excluding carboxylic acids is 2. The molecule has 2 aromatic heterocycles. The van der Waals surface area contributed by atoms with Gasteiger partial charge in [-0.15, -0.1) is 11.3 Å². The van der Waals surface area contributed by atoms with Crippen LogP contribution in [0.5, 0.6) is 0 Å². The molecule has 0 bridgehead atoms. The maximum Gasteiger partial charge on any atom is 0.309 e. The number of esters is 1. The molecule has 178 valence electrons. The summed E-state index contributed by atoms with van der Waals surface area (Å²) in [6.07, 6.45) is 5.99. The minimum Gasteiger partial charge on any atom is -0.455 e. The Bertz CT molecular complexity index is 1220. The molecule has 1 atom stereocenters. The molecular formula is C26H30N4O3S. The van der Waals surface area contributed by atoms with Gasteiger partial charge in [0.05, 0.1) is 17.3 Å². The molecule has 1 aliphatic carbocycles. The molecule has 2 aliphatic rings. The van der Waals surface area contributed by atoms with Gasteiger partial charge >= 0.3 is 5.97 Å². The van der Waals surface area contributed by atoms with Crippen molar-refractivity contribution in [2.24, 2.45) is 5.92 Å². The van der Waals surface area contributed by atoms with E-state index in [-0.39, 0.29) is 30.4 Å². The van der Waals surface area contributed by atoms with E-state index in [1.807, 2.05) is 12.1 Å². The molecule has 3 aromatic rings. The molecule has 0 radical (unpaired) electrons. The molecule has 1 aromatic carbocycles. The third-order valence-corrected chi connectivity index (χ3v) is 8.24. The molecule has 1 unspecified atom stereocenters. The summed E-state index contributed by atoms with van der Waals surface area (Å²) in [5, 5.41) is 4.17. The maximum absolute atomic E-state index is 12.7. The molecule has 3 heterocycles. The van der Waals surface area contributed by atoms with Crippen molar-refractivity contribution < 1.29 is 14.3 Å².